The number of fused-ring (bicyclic) bond motifs is 2. The Kier molecular flexibility index (Phi) is 3.77. The largest absolute Gasteiger partial charge is 0.348 e. The van der Waals surface area contributed by atoms with Crippen LogP contribution in [0.5, 0.6) is 0 Å². The van der Waals surface area contributed by atoms with Gasteiger partial charge in [-0.15, -0.1) is 0 Å². The van der Waals surface area contributed by atoms with Crippen molar-refractivity contribution >= 4 is 5.91 Å². The van der Waals surface area contributed by atoms with Crippen LogP contribution >= 0.6 is 0 Å². The molecule has 3 aliphatic rings. The molecule has 1 aliphatic carbocycles. The zero-order valence-corrected chi connectivity index (χ0v) is 10.7. The summed E-state index contributed by atoms with van der Waals surface area (Å²) in [5.74, 6) is 1.11. The van der Waals surface area contributed by atoms with Crippen molar-refractivity contribution in [1.82, 2.24) is 9.80 Å². The van der Waals surface area contributed by atoms with Crippen molar-refractivity contribution in [3.63, 3.8) is 0 Å². The topological polar surface area (TPSA) is 23.6 Å². The fraction of sp³-hybridized carbons (Fsp3) is 0.917. The highest BCUT2D eigenvalue weighted by atomic mass is 16.2. The number of carbonyl (C=O) groups excluding carboxylic acids is 1. The Morgan fingerprint density at radius 3 is 2.27 bits per heavy atom. The lowest BCUT2D eigenvalue weighted by molar-refractivity contribution is -0.157. The average molecular weight is 212 g/mol. The van der Waals surface area contributed by atoms with E-state index in [1.807, 2.05) is 27.9 Å². The molecule has 3 heteroatoms. The molecule has 0 spiro atoms. The summed E-state index contributed by atoms with van der Waals surface area (Å²) in [7, 11) is 5.83. The quantitative estimate of drug-likeness (QED) is 0.656. The van der Waals surface area contributed by atoms with Gasteiger partial charge in [-0.25, -0.2) is 0 Å². The van der Waals surface area contributed by atoms with Crippen LogP contribution in [0, 0.1) is 11.3 Å². The average Bonchev–Trinajstić information content (AvgIpc) is 2.17. The van der Waals surface area contributed by atoms with E-state index in [-0.39, 0.29) is 5.41 Å². The molecule has 0 aromatic heterocycles. The maximum atomic E-state index is 11.9. The lowest BCUT2D eigenvalue weighted by Gasteiger charge is -2.55. The highest BCUT2D eigenvalue weighted by Crippen LogP contribution is 2.50. The third-order valence-electron chi connectivity index (χ3n) is 3.36. The van der Waals surface area contributed by atoms with E-state index >= 15 is 0 Å². The van der Waals surface area contributed by atoms with Crippen LogP contribution in [0.4, 0.5) is 0 Å². The molecule has 0 N–H and O–H groups in total. The normalized spacial score (nSPS) is 33.5. The first-order chi connectivity index (χ1) is 7.03. The van der Waals surface area contributed by atoms with Crippen LogP contribution in [0.3, 0.4) is 0 Å². The number of carbonyl (C=O) groups is 1. The highest BCUT2D eigenvalue weighted by Gasteiger charge is 2.54. The minimum atomic E-state index is -0.0127. The number of nitrogens with zero attached hydrogens (tertiary/aromatic N) is 2. The summed E-state index contributed by atoms with van der Waals surface area (Å²) in [6.07, 6.45) is 2.24. The molecule has 2 aliphatic heterocycles. The molecule has 1 amide bonds. The second-order valence-electron chi connectivity index (χ2n) is 4.95. The van der Waals surface area contributed by atoms with Crippen molar-refractivity contribution in [2.45, 2.75) is 26.7 Å². The van der Waals surface area contributed by atoms with Crippen molar-refractivity contribution in [3.05, 3.63) is 0 Å². The Balaban J connectivity index is 0.000000531. The number of hydrogen-bond donors (Lipinski definition) is 0. The number of amides is 1. The van der Waals surface area contributed by atoms with E-state index < -0.39 is 0 Å². The zero-order valence-electron chi connectivity index (χ0n) is 10.7. The lowest BCUT2D eigenvalue weighted by atomic mass is 9.58. The van der Waals surface area contributed by atoms with Gasteiger partial charge in [-0.3, -0.25) is 4.79 Å². The maximum absolute atomic E-state index is 11.9. The molecule has 3 nitrogen and oxygen atoms in total. The zero-order chi connectivity index (χ0) is 11.6. The van der Waals surface area contributed by atoms with Crippen molar-refractivity contribution in [2.24, 2.45) is 11.3 Å². The number of rotatable bonds is 1. The molecule has 2 heterocycles. The standard InChI is InChI=1S/C10H18N2O.C2H6/c1-11(2)9(13)10-4-8(5-10)6-12(3)7-10;1-2/h8H,4-7H2,1-3H3;1-2H3. The number of hydrogen-bond acceptors (Lipinski definition) is 2. The summed E-state index contributed by atoms with van der Waals surface area (Å²) in [4.78, 5) is 15.9. The molecule has 3 fully saturated rings. The van der Waals surface area contributed by atoms with Crippen molar-refractivity contribution < 1.29 is 4.79 Å². The molecule has 15 heavy (non-hydrogen) atoms. The highest BCUT2D eigenvalue weighted by molar-refractivity contribution is 5.83. The van der Waals surface area contributed by atoms with Gasteiger partial charge in [0.2, 0.25) is 5.91 Å². The molecule has 0 aromatic carbocycles. The first-order valence-corrected chi connectivity index (χ1v) is 5.94. The molecule has 88 valence electrons. The van der Waals surface area contributed by atoms with Gasteiger partial charge >= 0.3 is 0 Å². The SMILES string of the molecule is CC.CN1CC2CC(C(=O)N(C)C)(C2)C1. The lowest BCUT2D eigenvalue weighted by Crippen LogP contribution is -2.61. The van der Waals surface area contributed by atoms with Gasteiger partial charge in [0, 0.05) is 27.2 Å². The van der Waals surface area contributed by atoms with Crippen LogP contribution in [0.15, 0.2) is 0 Å². The molecule has 2 bridgehead atoms. The Morgan fingerprint density at radius 1 is 1.33 bits per heavy atom. The summed E-state index contributed by atoms with van der Waals surface area (Å²) in [5.41, 5.74) is -0.0127. The second kappa shape index (κ2) is 4.52. The first-order valence-electron chi connectivity index (χ1n) is 5.94. The minimum Gasteiger partial charge on any atom is -0.348 e. The summed E-state index contributed by atoms with van der Waals surface area (Å²) in [6.45, 7) is 6.14. The molecule has 0 aromatic rings. The van der Waals surface area contributed by atoms with E-state index in [4.69, 9.17) is 0 Å². The van der Waals surface area contributed by atoms with Gasteiger partial charge in [0.25, 0.3) is 0 Å². The molecule has 1 saturated carbocycles. The van der Waals surface area contributed by atoms with Gasteiger partial charge in [0.1, 0.15) is 0 Å². The van der Waals surface area contributed by atoms with E-state index in [9.17, 15) is 4.79 Å². The van der Waals surface area contributed by atoms with E-state index in [0.29, 0.717) is 5.91 Å². The second-order valence-corrected chi connectivity index (χ2v) is 4.95. The Labute approximate surface area is 93.4 Å². The van der Waals surface area contributed by atoms with Crippen molar-refractivity contribution in [1.29, 1.82) is 0 Å². The van der Waals surface area contributed by atoms with E-state index in [1.165, 1.54) is 6.54 Å². The van der Waals surface area contributed by atoms with Gasteiger partial charge in [-0.05, 0) is 25.8 Å². The molecular weight excluding hydrogens is 188 g/mol. The molecule has 0 unspecified atom stereocenters. The van der Waals surface area contributed by atoms with Crippen LogP contribution in [-0.2, 0) is 4.79 Å². The van der Waals surface area contributed by atoms with Crippen LogP contribution < -0.4 is 0 Å². The van der Waals surface area contributed by atoms with Crippen LogP contribution in [-0.4, -0.2) is 49.9 Å². The van der Waals surface area contributed by atoms with Crippen molar-refractivity contribution in [2.75, 3.05) is 34.2 Å². The minimum absolute atomic E-state index is 0.0127. The molecule has 0 atom stereocenters. The van der Waals surface area contributed by atoms with Crippen LogP contribution in [0.25, 0.3) is 0 Å². The van der Waals surface area contributed by atoms with Gasteiger partial charge < -0.3 is 9.80 Å². The molecule has 2 saturated heterocycles. The van der Waals surface area contributed by atoms with Gasteiger partial charge in [-0.2, -0.15) is 0 Å². The first kappa shape index (κ1) is 12.5. The summed E-state index contributed by atoms with van der Waals surface area (Å²) in [6, 6.07) is 0. The summed E-state index contributed by atoms with van der Waals surface area (Å²) >= 11 is 0. The number of piperidine rings is 2. The van der Waals surface area contributed by atoms with Crippen LogP contribution in [0.1, 0.15) is 26.7 Å². The van der Waals surface area contributed by atoms with Crippen LogP contribution in [0.2, 0.25) is 0 Å². The predicted molar refractivity (Wildman–Crippen MR) is 62.7 cm³/mol. The molecule has 3 rings (SSSR count). The molecular formula is C12H24N2O. The summed E-state index contributed by atoms with van der Waals surface area (Å²) < 4.78 is 0. The Bertz CT molecular complexity index is 232. The van der Waals surface area contributed by atoms with Gasteiger partial charge in [0.15, 0.2) is 0 Å². The fourth-order valence-electron chi connectivity index (χ4n) is 3.04. The Hall–Kier alpha value is -0.570. The maximum Gasteiger partial charge on any atom is 0.229 e. The Morgan fingerprint density at radius 2 is 1.87 bits per heavy atom. The summed E-state index contributed by atoms with van der Waals surface area (Å²) in [5, 5.41) is 0. The van der Waals surface area contributed by atoms with Gasteiger partial charge in [-0.1, -0.05) is 13.8 Å². The third kappa shape index (κ3) is 2.17. The van der Waals surface area contributed by atoms with E-state index in [2.05, 4.69) is 11.9 Å². The third-order valence-corrected chi connectivity index (χ3v) is 3.36. The monoisotopic (exact) mass is 212 g/mol. The van der Waals surface area contributed by atoms with E-state index in [1.54, 1.807) is 4.90 Å². The van der Waals surface area contributed by atoms with E-state index in [0.717, 1.165) is 25.3 Å². The molecule has 0 radical (unpaired) electrons. The fourth-order valence-corrected chi connectivity index (χ4v) is 3.04. The van der Waals surface area contributed by atoms with Crippen molar-refractivity contribution in [3.8, 4) is 0 Å². The van der Waals surface area contributed by atoms with Gasteiger partial charge in [0.05, 0.1) is 5.41 Å². The predicted octanol–water partition coefficient (Wildman–Crippen LogP) is 1.44. The smallest absolute Gasteiger partial charge is 0.229 e.